The van der Waals surface area contributed by atoms with E-state index in [9.17, 15) is 13.7 Å². The molecule has 0 atom stereocenters. The van der Waals surface area contributed by atoms with Crippen LogP contribution in [0, 0.1) is 18.3 Å². The summed E-state index contributed by atoms with van der Waals surface area (Å²) in [5.74, 6) is 0.474. The van der Waals surface area contributed by atoms with Gasteiger partial charge < -0.3 is 14.6 Å². The normalized spacial score (nSPS) is 15.5. The highest BCUT2D eigenvalue weighted by Gasteiger charge is 2.21. The van der Waals surface area contributed by atoms with Gasteiger partial charge in [-0.15, -0.1) is 0 Å². The highest BCUT2D eigenvalue weighted by atomic mass is 32.2. The lowest BCUT2D eigenvalue weighted by Crippen LogP contribution is -2.45. The van der Waals surface area contributed by atoms with Gasteiger partial charge in [-0.05, 0) is 43.8 Å². The molecule has 5 rings (SSSR count). The fourth-order valence-corrected chi connectivity index (χ4v) is 5.88. The number of hydrogen-bond donors (Lipinski definition) is 1. The standard InChI is InChI=1S/C26H30N6O3S/c1-18-14-23(36(3,33)34)22(21-6-7-28-24(18)21)17-32-16-20-5-4-19(15-27)26(25(20)29-32)35-13-12-31-10-8-30(2)9-11-31/h4-7,14,16,28H,8-13,17H2,1-3H3. The molecule has 1 aliphatic rings. The zero-order valence-electron chi connectivity index (χ0n) is 20.8. The lowest BCUT2D eigenvalue weighted by Gasteiger charge is -2.32. The molecule has 1 aliphatic heterocycles. The van der Waals surface area contributed by atoms with E-state index >= 15 is 0 Å². The van der Waals surface area contributed by atoms with Crippen LogP contribution in [0.4, 0.5) is 0 Å². The predicted octanol–water partition coefficient (Wildman–Crippen LogP) is 2.78. The van der Waals surface area contributed by atoms with Crippen LogP contribution in [0.2, 0.25) is 0 Å². The molecule has 9 nitrogen and oxygen atoms in total. The number of hydrogen-bond acceptors (Lipinski definition) is 7. The van der Waals surface area contributed by atoms with E-state index in [0.717, 1.165) is 54.6 Å². The van der Waals surface area contributed by atoms with E-state index in [1.54, 1.807) is 16.8 Å². The Morgan fingerprint density at radius 2 is 1.97 bits per heavy atom. The van der Waals surface area contributed by atoms with E-state index in [2.05, 4.69) is 27.9 Å². The molecule has 2 aromatic heterocycles. The van der Waals surface area contributed by atoms with Gasteiger partial charge in [0.25, 0.3) is 0 Å². The van der Waals surface area contributed by atoms with E-state index in [1.165, 1.54) is 6.26 Å². The van der Waals surface area contributed by atoms with Crippen molar-refractivity contribution in [2.45, 2.75) is 18.4 Å². The second kappa shape index (κ2) is 9.58. The SMILES string of the molecule is Cc1cc(S(C)(=O)=O)c(Cn2cc3ccc(C#N)c(OCCN4CCN(C)CC4)c3n2)c2cc[nH]c12. The Morgan fingerprint density at radius 1 is 1.19 bits per heavy atom. The van der Waals surface area contributed by atoms with E-state index in [1.807, 2.05) is 31.5 Å². The number of benzene rings is 2. The molecule has 0 amide bonds. The van der Waals surface area contributed by atoms with Gasteiger partial charge in [-0.3, -0.25) is 9.58 Å². The first kappa shape index (κ1) is 24.3. The summed E-state index contributed by atoms with van der Waals surface area (Å²) in [6.45, 7) is 7.47. The maximum atomic E-state index is 12.6. The molecule has 10 heteroatoms. The van der Waals surface area contributed by atoms with Crippen molar-refractivity contribution in [2.24, 2.45) is 0 Å². The zero-order valence-corrected chi connectivity index (χ0v) is 21.6. The van der Waals surface area contributed by atoms with Gasteiger partial charge in [0.1, 0.15) is 18.2 Å². The van der Waals surface area contributed by atoms with Crippen LogP contribution >= 0.6 is 0 Å². The van der Waals surface area contributed by atoms with E-state index in [-0.39, 0.29) is 6.54 Å². The van der Waals surface area contributed by atoms with Crippen molar-refractivity contribution in [1.82, 2.24) is 24.6 Å². The number of aromatic amines is 1. The number of fused-ring (bicyclic) bond motifs is 2. The Morgan fingerprint density at radius 3 is 2.69 bits per heavy atom. The average Bonchev–Trinajstić information content (AvgIpc) is 3.49. The van der Waals surface area contributed by atoms with Crippen molar-refractivity contribution < 1.29 is 13.2 Å². The minimum absolute atomic E-state index is 0.272. The van der Waals surface area contributed by atoms with Crippen molar-refractivity contribution >= 4 is 31.6 Å². The Kier molecular flexibility index (Phi) is 6.47. The quantitative estimate of drug-likeness (QED) is 0.411. The van der Waals surface area contributed by atoms with Crippen LogP contribution < -0.4 is 4.74 Å². The van der Waals surface area contributed by atoms with E-state index in [4.69, 9.17) is 9.84 Å². The Bertz CT molecular complexity index is 1570. The van der Waals surface area contributed by atoms with Crippen LogP contribution in [0.5, 0.6) is 5.75 Å². The Balaban J connectivity index is 1.46. The highest BCUT2D eigenvalue weighted by Crippen LogP contribution is 2.32. The number of aromatic nitrogens is 3. The molecule has 0 radical (unpaired) electrons. The number of rotatable bonds is 7. The monoisotopic (exact) mass is 506 g/mol. The lowest BCUT2D eigenvalue weighted by atomic mass is 10.1. The first-order chi connectivity index (χ1) is 17.2. The number of sulfone groups is 1. The average molecular weight is 507 g/mol. The third kappa shape index (κ3) is 4.69. The molecule has 188 valence electrons. The number of nitriles is 1. The molecule has 0 bridgehead atoms. The summed E-state index contributed by atoms with van der Waals surface area (Å²) in [7, 11) is -1.33. The van der Waals surface area contributed by atoms with Gasteiger partial charge in [0.2, 0.25) is 0 Å². The molecule has 4 aromatic rings. The van der Waals surface area contributed by atoms with E-state index < -0.39 is 9.84 Å². The molecule has 0 aliphatic carbocycles. The van der Waals surface area contributed by atoms with E-state index in [0.29, 0.717) is 33.9 Å². The van der Waals surface area contributed by atoms with Gasteiger partial charge in [-0.2, -0.15) is 10.4 Å². The molecule has 1 N–H and O–H groups in total. The highest BCUT2D eigenvalue weighted by molar-refractivity contribution is 7.90. The summed E-state index contributed by atoms with van der Waals surface area (Å²) in [5, 5.41) is 16.1. The van der Waals surface area contributed by atoms with Crippen LogP contribution in [0.15, 0.2) is 41.6 Å². The number of H-pyrrole nitrogens is 1. The zero-order chi connectivity index (χ0) is 25.4. The fraction of sp³-hybridized carbons (Fsp3) is 0.385. The second-order valence-electron chi connectivity index (χ2n) is 9.52. The van der Waals surface area contributed by atoms with Crippen molar-refractivity contribution in [3.05, 3.63) is 53.3 Å². The molecule has 3 heterocycles. The third-order valence-corrected chi connectivity index (χ3v) is 8.04. The molecule has 0 spiro atoms. The molecule has 0 unspecified atom stereocenters. The Labute approximate surface area is 210 Å². The van der Waals surface area contributed by atoms with Gasteiger partial charge in [0.15, 0.2) is 15.6 Å². The Hall–Kier alpha value is -3.39. The summed E-state index contributed by atoms with van der Waals surface area (Å²) in [6, 6.07) is 9.43. The second-order valence-corrected chi connectivity index (χ2v) is 11.5. The maximum absolute atomic E-state index is 12.6. The molecule has 1 fully saturated rings. The van der Waals surface area contributed by atoms with Crippen LogP contribution in [-0.2, 0) is 16.4 Å². The summed E-state index contributed by atoms with van der Waals surface area (Å²) in [6.07, 6.45) is 4.92. The lowest BCUT2D eigenvalue weighted by molar-refractivity contribution is 0.134. The van der Waals surface area contributed by atoms with Gasteiger partial charge >= 0.3 is 0 Å². The largest absolute Gasteiger partial charge is 0.488 e. The summed E-state index contributed by atoms with van der Waals surface area (Å²) >= 11 is 0. The number of ether oxygens (including phenoxy) is 1. The number of piperazine rings is 1. The molecule has 2 aromatic carbocycles. The first-order valence-electron chi connectivity index (χ1n) is 12.0. The van der Waals surface area contributed by atoms with Crippen LogP contribution in [0.1, 0.15) is 16.7 Å². The fourth-order valence-electron chi connectivity index (χ4n) is 4.87. The van der Waals surface area contributed by atoms with Crippen molar-refractivity contribution in [1.29, 1.82) is 5.26 Å². The van der Waals surface area contributed by atoms with Gasteiger partial charge in [-0.1, -0.05) is 0 Å². The number of nitrogens with zero attached hydrogens (tertiary/aromatic N) is 5. The van der Waals surface area contributed by atoms with Gasteiger partial charge in [0.05, 0.1) is 17.0 Å². The van der Waals surface area contributed by atoms with Gasteiger partial charge in [-0.25, -0.2) is 8.42 Å². The first-order valence-corrected chi connectivity index (χ1v) is 13.9. The van der Waals surface area contributed by atoms with Crippen LogP contribution in [0.25, 0.3) is 21.8 Å². The summed E-state index contributed by atoms with van der Waals surface area (Å²) in [5.41, 5.74) is 3.51. The number of aryl methyl sites for hydroxylation is 1. The third-order valence-electron chi connectivity index (χ3n) is 6.88. The minimum atomic E-state index is -3.45. The molecular formula is C26H30N6O3S. The topological polar surface area (TPSA) is 107 Å². The summed E-state index contributed by atoms with van der Waals surface area (Å²) < 4.78 is 33.1. The van der Waals surface area contributed by atoms with Crippen molar-refractivity contribution in [3.8, 4) is 11.8 Å². The molecule has 1 saturated heterocycles. The summed E-state index contributed by atoms with van der Waals surface area (Å²) in [4.78, 5) is 8.17. The van der Waals surface area contributed by atoms with Crippen LogP contribution in [0.3, 0.4) is 0 Å². The molecule has 0 saturated carbocycles. The van der Waals surface area contributed by atoms with Crippen molar-refractivity contribution in [2.75, 3.05) is 52.6 Å². The predicted molar refractivity (Wildman–Crippen MR) is 139 cm³/mol. The maximum Gasteiger partial charge on any atom is 0.175 e. The number of likely N-dealkylation sites (N-methyl/N-ethyl adjacent to an activating group) is 1. The van der Waals surface area contributed by atoms with Crippen LogP contribution in [-0.4, -0.2) is 85.6 Å². The molecule has 36 heavy (non-hydrogen) atoms. The van der Waals surface area contributed by atoms with Gasteiger partial charge in [0, 0.05) is 73.2 Å². The minimum Gasteiger partial charge on any atom is -0.488 e. The number of nitrogens with one attached hydrogen (secondary N) is 1. The van der Waals surface area contributed by atoms with Crippen molar-refractivity contribution in [3.63, 3.8) is 0 Å². The smallest absolute Gasteiger partial charge is 0.175 e. The molecular weight excluding hydrogens is 476 g/mol.